The van der Waals surface area contributed by atoms with Crippen molar-refractivity contribution in [1.29, 1.82) is 0 Å². The first-order valence-electron chi connectivity index (χ1n) is 7.19. The molecular weight excluding hydrogens is 254 g/mol. The molecule has 1 heterocycles. The Labute approximate surface area is 120 Å². The number of benzene rings is 1. The zero-order chi connectivity index (χ0) is 14.5. The maximum Gasteiger partial charge on any atom is 0.260 e. The summed E-state index contributed by atoms with van der Waals surface area (Å²) in [5, 5.41) is 2.88. The van der Waals surface area contributed by atoms with Gasteiger partial charge in [0.1, 0.15) is 5.75 Å². The van der Waals surface area contributed by atoms with Crippen LogP contribution in [0, 0.1) is 13.8 Å². The molecule has 0 bridgehead atoms. The summed E-state index contributed by atoms with van der Waals surface area (Å²) in [4.78, 5) is 12.0. The number of aryl methyl sites for hydroxylation is 2. The minimum Gasteiger partial charge on any atom is -0.481 e. The lowest BCUT2D eigenvalue weighted by molar-refractivity contribution is -0.127. The quantitative estimate of drug-likeness (QED) is 0.899. The molecule has 0 radical (unpaired) electrons. The molecule has 1 N–H and O–H groups in total. The Morgan fingerprint density at radius 3 is 2.70 bits per heavy atom. The first-order chi connectivity index (χ1) is 9.54. The number of ether oxygens (including phenoxy) is 2. The second kappa shape index (κ2) is 6.75. The van der Waals surface area contributed by atoms with E-state index in [-0.39, 0.29) is 12.0 Å². The van der Waals surface area contributed by atoms with Crippen molar-refractivity contribution in [3.8, 4) is 5.75 Å². The molecule has 20 heavy (non-hydrogen) atoms. The number of rotatable bonds is 5. The van der Waals surface area contributed by atoms with Crippen LogP contribution in [0.4, 0.5) is 0 Å². The van der Waals surface area contributed by atoms with Crippen molar-refractivity contribution in [2.75, 3.05) is 13.2 Å². The molecule has 2 rings (SSSR count). The van der Waals surface area contributed by atoms with E-state index in [0.29, 0.717) is 6.54 Å². The predicted octanol–water partition coefficient (Wildman–Crippen LogP) is 2.37. The van der Waals surface area contributed by atoms with E-state index in [0.717, 1.165) is 36.3 Å². The van der Waals surface area contributed by atoms with E-state index in [9.17, 15) is 4.79 Å². The monoisotopic (exact) mass is 277 g/mol. The van der Waals surface area contributed by atoms with Crippen LogP contribution < -0.4 is 10.1 Å². The van der Waals surface area contributed by atoms with Gasteiger partial charge in [0.25, 0.3) is 5.91 Å². The van der Waals surface area contributed by atoms with Crippen LogP contribution in [-0.4, -0.2) is 31.3 Å². The second-order valence-electron chi connectivity index (χ2n) is 5.46. The average molecular weight is 277 g/mol. The van der Waals surface area contributed by atoms with Crippen LogP contribution in [0.1, 0.15) is 30.9 Å². The van der Waals surface area contributed by atoms with Crippen molar-refractivity contribution in [3.05, 3.63) is 29.3 Å². The Kier molecular flexibility index (Phi) is 5.01. The van der Waals surface area contributed by atoms with Crippen molar-refractivity contribution in [2.45, 2.75) is 45.8 Å². The lowest BCUT2D eigenvalue weighted by Crippen LogP contribution is -2.40. The highest BCUT2D eigenvalue weighted by atomic mass is 16.5. The second-order valence-corrected chi connectivity index (χ2v) is 5.46. The van der Waals surface area contributed by atoms with Gasteiger partial charge in [-0.3, -0.25) is 4.79 Å². The Balaban J connectivity index is 1.83. The molecule has 2 atom stereocenters. The average Bonchev–Trinajstić information content (AvgIpc) is 2.87. The van der Waals surface area contributed by atoms with Gasteiger partial charge in [-0.05, 0) is 56.9 Å². The van der Waals surface area contributed by atoms with Crippen LogP contribution in [0.2, 0.25) is 0 Å². The van der Waals surface area contributed by atoms with Gasteiger partial charge in [0.05, 0.1) is 6.10 Å². The maximum absolute atomic E-state index is 12.0. The minimum atomic E-state index is -0.502. The minimum absolute atomic E-state index is 0.0975. The molecule has 4 heteroatoms. The number of carbonyl (C=O) groups is 1. The Bertz CT molecular complexity index is 447. The summed E-state index contributed by atoms with van der Waals surface area (Å²) < 4.78 is 11.2. The maximum atomic E-state index is 12.0. The normalized spacial score (nSPS) is 19.6. The summed E-state index contributed by atoms with van der Waals surface area (Å²) in [6, 6.07) is 5.96. The van der Waals surface area contributed by atoms with Gasteiger partial charge in [-0.1, -0.05) is 6.07 Å². The van der Waals surface area contributed by atoms with Crippen molar-refractivity contribution in [2.24, 2.45) is 0 Å². The molecular formula is C16H23NO3. The third kappa shape index (κ3) is 4.23. The van der Waals surface area contributed by atoms with Crippen molar-refractivity contribution in [3.63, 3.8) is 0 Å². The lowest BCUT2D eigenvalue weighted by Gasteiger charge is -2.17. The first kappa shape index (κ1) is 14.9. The molecule has 0 aromatic heterocycles. The van der Waals surface area contributed by atoms with Gasteiger partial charge < -0.3 is 14.8 Å². The van der Waals surface area contributed by atoms with E-state index in [4.69, 9.17) is 9.47 Å². The van der Waals surface area contributed by atoms with Crippen molar-refractivity contribution >= 4 is 5.91 Å². The van der Waals surface area contributed by atoms with E-state index in [1.54, 1.807) is 6.92 Å². The molecule has 1 aliphatic heterocycles. The Hall–Kier alpha value is -1.55. The number of amides is 1. The van der Waals surface area contributed by atoms with Gasteiger partial charge in [0.2, 0.25) is 0 Å². The summed E-state index contributed by atoms with van der Waals surface area (Å²) in [6.45, 7) is 7.17. The number of carbonyl (C=O) groups excluding carboxylic acids is 1. The summed E-state index contributed by atoms with van der Waals surface area (Å²) in [7, 11) is 0. The standard InChI is InChI=1S/C16H23NO3/c1-11-7-12(2)9-15(8-11)20-13(3)16(18)17-10-14-5-4-6-19-14/h7-9,13-14H,4-6,10H2,1-3H3,(H,17,18)/t13-,14-/m1/s1. The number of hydrogen-bond acceptors (Lipinski definition) is 3. The van der Waals surface area contributed by atoms with Gasteiger partial charge in [0.15, 0.2) is 6.10 Å². The Morgan fingerprint density at radius 2 is 2.10 bits per heavy atom. The van der Waals surface area contributed by atoms with E-state index in [1.807, 2.05) is 26.0 Å². The molecule has 1 aromatic carbocycles. The van der Waals surface area contributed by atoms with E-state index in [2.05, 4.69) is 11.4 Å². The Morgan fingerprint density at radius 1 is 1.40 bits per heavy atom. The molecule has 0 aliphatic carbocycles. The van der Waals surface area contributed by atoms with Crippen LogP contribution in [-0.2, 0) is 9.53 Å². The van der Waals surface area contributed by atoms with Crippen molar-refractivity contribution < 1.29 is 14.3 Å². The molecule has 4 nitrogen and oxygen atoms in total. The third-order valence-corrected chi connectivity index (χ3v) is 3.41. The highest BCUT2D eigenvalue weighted by molar-refractivity contribution is 5.80. The van der Waals surface area contributed by atoms with Gasteiger partial charge in [0, 0.05) is 13.2 Å². The largest absolute Gasteiger partial charge is 0.481 e. The van der Waals surface area contributed by atoms with Gasteiger partial charge >= 0.3 is 0 Å². The van der Waals surface area contributed by atoms with Crippen LogP contribution in [0.3, 0.4) is 0 Å². The fourth-order valence-electron chi connectivity index (χ4n) is 2.42. The highest BCUT2D eigenvalue weighted by Crippen LogP contribution is 2.17. The molecule has 0 saturated carbocycles. The topological polar surface area (TPSA) is 47.6 Å². The SMILES string of the molecule is Cc1cc(C)cc(O[C@H](C)C(=O)NC[C@H]2CCCO2)c1. The predicted molar refractivity (Wildman–Crippen MR) is 78.0 cm³/mol. The molecule has 0 spiro atoms. The van der Waals surface area contributed by atoms with Crippen LogP contribution in [0.5, 0.6) is 5.75 Å². The highest BCUT2D eigenvalue weighted by Gasteiger charge is 2.19. The zero-order valence-electron chi connectivity index (χ0n) is 12.4. The molecule has 1 fully saturated rings. The summed E-state index contributed by atoms with van der Waals surface area (Å²) in [5.41, 5.74) is 2.26. The number of hydrogen-bond donors (Lipinski definition) is 1. The number of nitrogens with one attached hydrogen (secondary N) is 1. The molecule has 110 valence electrons. The van der Waals surface area contributed by atoms with Crippen LogP contribution in [0.15, 0.2) is 18.2 Å². The molecule has 1 saturated heterocycles. The summed E-state index contributed by atoms with van der Waals surface area (Å²) in [5.74, 6) is 0.641. The van der Waals surface area contributed by atoms with Gasteiger partial charge in [-0.25, -0.2) is 0 Å². The molecule has 1 amide bonds. The van der Waals surface area contributed by atoms with E-state index < -0.39 is 6.10 Å². The fourth-order valence-corrected chi connectivity index (χ4v) is 2.42. The smallest absolute Gasteiger partial charge is 0.260 e. The summed E-state index contributed by atoms with van der Waals surface area (Å²) in [6.07, 6.45) is 1.76. The molecule has 1 aliphatic rings. The van der Waals surface area contributed by atoms with Gasteiger partial charge in [-0.15, -0.1) is 0 Å². The van der Waals surface area contributed by atoms with Crippen molar-refractivity contribution in [1.82, 2.24) is 5.32 Å². The van der Waals surface area contributed by atoms with Crippen LogP contribution in [0.25, 0.3) is 0 Å². The summed E-state index contributed by atoms with van der Waals surface area (Å²) >= 11 is 0. The zero-order valence-corrected chi connectivity index (χ0v) is 12.4. The first-order valence-corrected chi connectivity index (χ1v) is 7.19. The van der Waals surface area contributed by atoms with Gasteiger partial charge in [-0.2, -0.15) is 0 Å². The third-order valence-electron chi connectivity index (χ3n) is 3.41. The van der Waals surface area contributed by atoms with E-state index in [1.165, 1.54) is 0 Å². The van der Waals surface area contributed by atoms with Crippen LogP contribution >= 0.6 is 0 Å². The van der Waals surface area contributed by atoms with E-state index >= 15 is 0 Å². The lowest BCUT2D eigenvalue weighted by atomic mass is 10.1. The molecule has 1 aromatic rings. The molecule has 0 unspecified atom stereocenters. The fraction of sp³-hybridized carbons (Fsp3) is 0.562.